The first-order chi connectivity index (χ1) is 12.8. The molecule has 0 bridgehead atoms. The summed E-state index contributed by atoms with van der Waals surface area (Å²) in [6.45, 7) is 2.26. The maximum atomic E-state index is 12.7. The molecule has 0 N–H and O–H groups in total. The fraction of sp³-hybridized carbons (Fsp3) is 0.316. The Balaban J connectivity index is 1.40. The van der Waals surface area contributed by atoms with Crippen LogP contribution < -0.4 is 0 Å². The fourth-order valence-electron chi connectivity index (χ4n) is 3.17. The van der Waals surface area contributed by atoms with E-state index >= 15 is 0 Å². The minimum atomic E-state index is 0.0304. The number of amides is 1. The van der Waals surface area contributed by atoms with Crippen molar-refractivity contribution in [2.75, 3.05) is 13.2 Å². The van der Waals surface area contributed by atoms with E-state index in [0.717, 1.165) is 16.1 Å². The third-order valence-corrected chi connectivity index (χ3v) is 5.35. The van der Waals surface area contributed by atoms with Crippen molar-refractivity contribution in [1.29, 1.82) is 0 Å². The number of pyridine rings is 1. The maximum absolute atomic E-state index is 12.7. The van der Waals surface area contributed by atoms with Gasteiger partial charge in [0.05, 0.1) is 37.9 Å². The van der Waals surface area contributed by atoms with Gasteiger partial charge in [-0.25, -0.2) is 0 Å². The van der Waals surface area contributed by atoms with Crippen LogP contribution in [0.15, 0.2) is 54.3 Å². The molecule has 1 unspecified atom stereocenters. The summed E-state index contributed by atoms with van der Waals surface area (Å²) in [7, 11) is 0. The van der Waals surface area contributed by atoms with Crippen LogP contribution in [-0.2, 0) is 29.1 Å². The van der Waals surface area contributed by atoms with Crippen molar-refractivity contribution < 1.29 is 9.53 Å². The number of rotatable bonds is 6. The lowest BCUT2D eigenvalue weighted by Gasteiger charge is -2.33. The molecule has 0 saturated carbocycles. The number of thiophene rings is 1. The molecule has 0 spiro atoms. The molecule has 7 heteroatoms. The summed E-state index contributed by atoms with van der Waals surface area (Å²) < 4.78 is 7.88. The highest BCUT2D eigenvalue weighted by atomic mass is 32.1. The Morgan fingerprint density at radius 3 is 2.92 bits per heavy atom. The molecule has 1 aliphatic rings. The van der Waals surface area contributed by atoms with E-state index in [2.05, 4.69) is 10.1 Å². The molecule has 3 aromatic heterocycles. The Hall–Kier alpha value is -2.51. The molecule has 1 aliphatic heterocycles. The fourth-order valence-corrected chi connectivity index (χ4v) is 3.86. The van der Waals surface area contributed by atoms with Crippen molar-refractivity contribution in [2.45, 2.75) is 25.6 Å². The first-order valence-electron chi connectivity index (χ1n) is 8.59. The van der Waals surface area contributed by atoms with E-state index in [0.29, 0.717) is 32.7 Å². The molecule has 6 nitrogen and oxygen atoms in total. The number of ether oxygens (including phenoxy) is 1. The number of nitrogens with zero attached hydrogens (tertiary/aromatic N) is 4. The van der Waals surface area contributed by atoms with Crippen molar-refractivity contribution in [3.63, 3.8) is 0 Å². The number of hydrogen-bond donors (Lipinski definition) is 0. The van der Waals surface area contributed by atoms with Crippen LogP contribution in [-0.4, -0.2) is 38.7 Å². The summed E-state index contributed by atoms with van der Waals surface area (Å²) in [5.74, 6) is 0.152. The van der Waals surface area contributed by atoms with Gasteiger partial charge in [0, 0.05) is 30.0 Å². The van der Waals surface area contributed by atoms with E-state index < -0.39 is 0 Å². The second-order valence-corrected chi connectivity index (χ2v) is 7.35. The van der Waals surface area contributed by atoms with Gasteiger partial charge in [-0.2, -0.15) is 5.10 Å². The zero-order valence-electron chi connectivity index (χ0n) is 14.3. The molecule has 0 aliphatic carbocycles. The molecule has 26 heavy (non-hydrogen) atoms. The molecule has 1 atom stereocenters. The van der Waals surface area contributed by atoms with Crippen LogP contribution in [0.4, 0.5) is 0 Å². The summed E-state index contributed by atoms with van der Waals surface area (Å²) in [5, 5.41) is 6.43. The molecule has 3 aromatic rings. The highest BCUT2D eigenvalue weighted by Gasteiger charge is 2.28. The summed E-state index contributed by atoms with van der Waals surface area (Å²) >= 11 is 1.62. The van der Waals surface area contributed by atoms with Gasteiger partial charge in [0.15, 0.2) is 0 Å². The van der Waals surface area contributed by atoms with Gasteiger partial charge < -0.3 is 9.64 Å². The van der Waals surface area contributed by atoms with Gasteiger partial charge in [0.2, 0.25) is 5.91 Å². The van der Waals surface area contributed by atoms with E-state index in [-0.39, 0.29) is 11.9 Å². The second kappa shape index (κ2) is 7.80. The average Bonchev–Trinajstić information content (AvgIpc) is 3.34. The zero-order chi connectivity index (χ0) is 17.8. The van der Waals surface area contributed by atoms with Gasteiger partial charge >= 0.3 is 0 Å². The van der Waals surface area contributed by atoms with Crippen LogP contribution in [0.1, 0.15) is 22.2 Å². The van der Waals surface area contributed by atoms with E-state index in [1.165, 1.54) is 0 Å². The molecule has 0 saturated heterocycles. The third-order valence-electron chi connectivity index (χ3n) is 4.47. The van der Waals surface area contributed by atoms with Crippen LogP contribution in [0.2, 0.25) is 0 Å². The van der Waals surface area contributed by atoms with E-state index in [9.17, 15) is 4.79 Å². The second-order valence-electron chi connectivity index (χ2n) is 6.32. The van der Waals surface area contributed by atoms with Crippen molar-refractivity contribution >= 4 is 17.2 Å². The largest absolute Gasteiger partial charge is 0.374 e. The molecule has 134 valence electrons. The number of carbonyl (C=O) groups is 1. The molecule has 1 amide bonds. The molecule has 4 heterocycles. The first kappa shape index (κ1) is 16.9. The van der Waals surface area contributed by atoms with Crippen molar-refractivity contribution in [3.8, 4) is 0 Å². The summed E-state index contributed by atoms with van der Waals surface area (Å²) in [6.07, 6.45) is 5.76. The van der Waals surface area contributed by atoms with Crippen LogP contribution in [0.3, 0.4) is 0 Å². The Kier molecular flexibility index (Phi) is 5.08. The minimum Gasteiger partial charge on any atom is -0.374 e. The van der Waals surface area contributed by atoms with Crippen molar-refractivity contribution in [1.82, 2.24) is 19.7 Å². The first-order valence-corrected chi connectivity index (χ1v) is 9.47. The van der Waals surface area contributed by atoms with E-state index in [4.69, 9.17) is 4.74 Å². The quantitative estimate of drug-likeness (QED) is 0.671. The Labute approximate surface area is 156 Å². The highest BCUT2D eigenvalue weighted by molar-refractivity contribution is 7.10. The van der Waals surface area contributed by atoms with Crippen LogP contribution in [0.5, 0.6) is 0 Å². The van der Waals surface area contributed by atoms with Crippen LogP contribution >= 0.6 is 11.3 Å². The molecular formula is C19H20N4O2S. The third kappa shape index (κ3) is 3.84. The summed E-state index contributed by atoms with van der Waals surface area (Å²) in [5.41, 5.74) is 2.13. The molecule has 0 aromatic carbocycles. The van der Waals surface area contributed by atoms with E-state index in [1.54, 1.807) is 29.9 Å². The Bertz CT molecular complexity index is 848. The molecule has 4 rings (SSSR count). The lowest BCUT2D eigenvalue weighted by atomic mass is 10.1. The van der Waals surface area contributed by atoms with Crippen molar-refractivity contribution in [3.05, 3.63) is 70.4 Å². The van der Waals surface area contributed by atoms with Gasteiger partial charge in [-0.3, -0.25) is 14.5 Å². The SMILES string of the molecule is O=C(Cc1cccs1)N1Cc2ccnn2C(COCc2ccncc2)C1. The monoisotopic (exact) mass is 368 g/mol. The smallest absolute Gasteiger partial charge is 0.228 e. The van der Waals surface area contributed by atoms with Gasteiger partial charge in [-0.1, -0.05) is 6.07 Å². The van der Waals surface area contributed by atoms with Gasteiger partial charge in [0.25, 0.3) is 0 Å². The van der Waals surface area contributed by atoms with Gasteiger partial charge in [0.1, 0.15) is 0 Å². The standard InChI is InChI=1S/C19H20N4O2S/c24-19(10-18-2-1-9-26-18)22-11-16-5-8-21-23(16)17(12-22)14-25-13-15-3-6-20-7-4-15/h1-9,17H,10-14H2. The Morgan fingerprint density at radius 2 is 2.12 bits per heavy atom. The lowest BCUT2D eigenvalue weighted by molar-refractivity contribution is -0.133. The van der Waals surface area contributed by atoms with Crippen LogP contribution in [0.25, 0.3) is 0 Å². The lowest BCUT2D eigenvalue weighted by Crippen LogP contribution is -2.43. The number of aromatic nitrogens is 3. The number of carbonyl (C=O) groups excluding carboxylic acids is 1. The average molecular weight is 368 g/mol. The summed E-state index contributed by atoms with van der Waals surface area (Å²) in [6, 6.07) is 9.87. The molecule has 0 radical (unpaired) electrons. The van der Waals surface area contributed by atoms with Gasteiger partial charge in [-0.05, 0) is 35.2 Å². The predicted molar refractivity (Wildman–Crippen MR) is 98.6 cm³/mol. The maximum Gasteiger partial charge on any atom is 0.228 e. The topological polar surface area (TPSA) is 60.2 Å². The number of hydrogen-bond acceptors (Lipinski definition) is 5. The minimum absolute atomic E-state index is 0.0304. The number of fused-ring (bicyclic) bond motifs is 1. The highest BCUT2D eigenvalue weighted by Crippen LogP contribution is 2.22. The van der Waals surface area contributed by atoms with Crippen LogP contribution in [0, 0.1) is 0 Å². The normalized spacial score (nSPS) is 16.5. The predicted octanol–water partition coefficient (Wildman–Crippen LogP) is 2.68. The van der Waals surface area contributed by atoms with Crippen molar-refractivity contribution in [2.24, 2.45) is 0 Å². The Morgan fingerprint density at radius 1 is 1.23 bits per heavy atom. The molecular weight excluding hydrogens is 348 g/mol. The van der Waals surface area contributed by atoms with Gasteiger partial charge in [-0.15, -0.1) is 11.3 Å². The molecule has 0 fully saturated rings. The zero-order valence-corrected chi connectivity index (χ0v) is 15.1. The van der Waals surface area contributed by atoms with E-state index in [1.807, 2.05) is 45.3 Å². The summed E-state index contributed by atoms with van der Waals surface area (Å²) in [4.78, 5) is 19.7.